The van der Waals surface area contributed by atoms with Gasteiger partial charge in [-0.05, 0) is 67.3 Å². The van der Waals surface area contributed by atoms with E-state index in [0.717, 1.165) is 10.5 Å². The molecule has 0 aromatic heterocycles. The summed E-state index contributed by atoms with van der Waals surface area (Å²) >= 11 is 0. The molecule has 260 valence electrons. The van der Waals surface area contributed by atoms with Gasteiger partial charge < -0.3 is 20.7 Å². The number of rotatable bonds is 15. The van der Waals surface area contributed by atoms with Crippen LogP contribution in [0.1, 0.15) is 72.7 Å². The Labute approximate surface area is 286 Å². The van der Waals surface area contributed by atoms with Gasteiger partial charge in [-0.15, -0.1) is 0 Å². The van der Waals surface area contributed by atoms with Crippen molar-refractivity contribution in [3.8, 4) is 5.75 Å². The minimum atomic E-state index is -1.05. The van der Waals surface area contributed by atoms with Crippen LogP contribution in [0.5, 0.6) is 5.75 Å². The summed E-state index contributed by atoms with van der Waals surface area (Å²) in [7, 11) is 0. The van der Waals surface area contributed by atoms with Gasteiger partial charge in [0.2, 0.25) is 17.7 Å². The molecule has 15 nitrogen and oxygen atoms in total. The summed E-state index contributed by atoms with van der Waals surface area (Å²) in [4.78, 5) is 87.2. The summed E-state index contributed by atoms with van der Waals surface area (Å²) in [6, 6.07) is 17.1. The van der Waals surface area contributed by atoms with Crippen LogP contribution in [-0.2, 0) is 20.8 Å². The number of hydroxylamine groups is 1. The van der Waals surface area contributed by atoms with Crippen LogP contribution in [0.4, 0.5) is 5.69 Å². The lowest BCUT2D eigenvalue weighted by Crippen LogP contribution is -2.54. The van der Waals surface area contributed by atoms with Crippen molar-refractivity contribution in [1.29, 1.82) is 0 Å². The van der Waals surface area contributed by atoms with E-state index < -0.39 is 35.6 Å². The van der Waals surface area contributed by atoms with Crippen LogP contribution in [0.2, 0.25) is 0 Å². The smallest absolute Gasteiger partial charge is 0.274 e. The molecule has 1 unspecified atom stereocenters. The monoisotopic (exact) mass is 684 g/mol. The van der Waals surface area contributed by atoms with Gasteiger partial charge in [0.05, 0.1) is 17.7 Å². The highest BCUT2D eigenvalue weighted by Gasteiger charge is 2.45. The van der Waals surface area contributed by atoms with Crippen LogP contribution in [0, 0.1) is 0 Å². The maximum Gasteiger partial charge on any atom is 0.274 e. The third-order valence-corrected chi connectivity index (χ3v) is 8.16. The highest BCUT2D eigenvalue weighted by molar-refractivity contribution is 6.25. The number of hydrogen-bond acceptors (Lipinski definition) is 10. The largest absolute Gasteiger partial charge is 0.494 e. The topological polar surface area (TPSA) is 212 Å². The molecule has 2 heterocycles. The van der Waals surface area contributed by atoms with Crippen LogP contribution in [0.15, 0.2) is 66.7 Å². The summed E-state index contributed by atoms with van der Waals surface area (Å²) in [6.07, 6.45) is 1.39. The Kier molecular flexibility index (Phi) is 11.5. The Morgan fingerprint density at radius 3 is 2.34 bits per heavy atom. The molecule has 0 bridgehead atoms. The number of piperidine rings is 1. The third-order valence-electron chi connectivity index (χ3n) is 8.16. The number of hydrogen-bond donors (Lipinski definition) is 6. The maximum absolute atomic E-state index is 13.2. The van der Waals surface area contributed by atoms with Crippen molar-refractivity contribution in [1.82, 2.24) is 26.3 Å². The van der Waals surface area contributed by atoms with E-state index in [2.05, 4.69) is 21.3 Å². The van der Waals surface area contributed by atoms with E-state index in [1.54, 1.807) is 24.3 Å². The Bertz CT molecular complexity index is 1810. The first kappa shape index (κ1) is 35.2. The van der Waals surface area contributed by atoms with Gasteiger partial charge in [-0.1, -0.05) is 24.3 Å². The highest BCUT2D eigenvalue weighted by atomic mass is 16.5. The quantitative estimate of drug-likeness (QED) is 0.0589. The zero-order chi connectivity index (χ0) is 35.6. The highest BCUT2D eigenvalue weighted by Crippen LogP contribution is 2.32. The van der Waals surface area contributed by atoms with E-state index in [0.29, 0.717) is 43.0 Å². The average molecular weight is 685 g/mol. The summed E-state index contributed by atoms with van der Waals surface area (Å²) < 4.78 is 5.74. The molecule has 3 aromatic rings. The average Bonchev–Trinajstić information content (AvgIpc) is 3.38. The molecule has 0 saturated carbocycles. The van der Waals surface area contributed by atoms with Crippen LogP contribution >= 0.6 is 0 Å². The molecule has 0 spiro atoms. The van der Waals surface area contributed by atoms with Crippen molar-refractivity contribution < 1.29 is 43.5 Å². The number of imide groups is 2. The summed E-state index contributed by atoms with van der Waals surface area (Å²) in [6.45, 7) is 1.24. The fourth-order valence-corrected chi connectivity index (χ4v) is 5.61. The molecule has 0 radical (unpaired) electrons. The molecule has 7 amide bonds. The van der Waals surface area contributed by atoms with Gasteiger partial charge in [-0.2, -0.15) is 0 Å². The van der Waals surface area contributed by atoms with E-state index in [9.17, 15) is 33.6 Å². The third kappa shape index (κ3) is 8.49. The van der Waals surface area contributed by atoms with Gasteiger partial charge in [0, 0.05) is 49.3 Å². The molecular formula is C35H36N6O9. The molecule has 1 fully saturated rings. The second-order valence-corrected chi connectivity index (χ2v) is 11.6. The lowest BCUT2D eigenvalue weighted by Gasteiger charge is -2.27. The number of nitrogens with zero attached hydrogens (tertiary/aromatic N) is 1. The molecule has 15 heteroatoms. The second-order valence-electron chi connectivity index (χ2n) is 11.6. The molecule has 3 aromatic carbocycles. The number of carbonyl (C=O) groups is 7. The van der Waals surface area contributed by atoms with Crippen molar-refractivity contribution in [2.75, 3.05) is 31.6 Å². The molecule has 6 N–H and O–H groups in total. The molecule has 2 aliphatic heterocycles. The van der Waals surface area contributed by atoms with Crippen molar-refractivity contribution in [2.45, 2.75) is 38.1 Å². The lowest BCUT2D eigenvalue weighted by molar-refractivity contribution is -0.136. The van der Waals surface area contributed by atoms with E-state index in [-0.39, 0.29) is 60.9 Å². The predicted molar refractivity (Wildman–Crippen MR) is 178 cm³/mol. The first-order valence-corrected chi connectivity index (χ1v) is 16.1. The Balaban J connectivity index is 0.973. The fraction of sp³-hybridized carbons (Fsp3) is 0.286. The Morgan fingerprint density at radius 1 is 0.860 bits per heavy atom. The summed E-state index contributed by atoms with van der Waals surface area (Å²) in [5.41, 5.74) is 3.71. The van der Waals surface area contributed by atoms with E-state index in [1.807, 2.05) is 24.3 Å². The molecule has 50 heavy (non-hydrogen) atoms. The normalized spacial score (nSPS) is 15.2. The fourth-order valence-electron chi connectivity index (χ4n) is 5.61. The number of benzene rings is 3. The van der Waals surface area contributed by atoms with E-state index in [4.69, 9.17) is 9.94 Å². The van der Waals surface area contributed by atoms with E-state index in [1.165, 1.54) is 23.7 Å². The van der Waals surface area contributed by atoms with Crippen molar-refractivity contribution in [3.05, 3.63) is 94.5 Å². The number of anilines is 1. The SMILES string of the molecule is O=C(CCCOc1ccc(CCNC(=O)c2cccc(C(=O)NO)c2)cc1)NCCNc1cccc2c1C(=O)N(C1CCC(=O)NC1=O)C2=O. The van der Waals surface area contributed by atoms with Gasteiger partial charge in [0.1, 0.15) is 11.8 Å². The first-order chi connectivity index (χ1) is 24.2. The molecule has 1 atom stereocenters. The zero-order valence-electron chi connectivity index (χ0n) is 27.0. The minimum absolute atomic E-state index is 0.0361. The lowest BCUT2D eigenvalue weighted by atomic mass is 10.0. The molecule has 0 aliphatic carbocycles. The minimum Gasteiger partial charge on any atom is -0.494 e. The van der Waals surface area contributed by atoms with Crippen LogP contribution in [0.25, 0.3) is 0 Å². The van der Waals surface area contributed by atoms with Crippen molar-refractivity contribution in [2.24, 2.45) is 0 Å². The Hall–Kier alpha value is -6.09. The first-order valence-electron chi connectivity index (χ1n) is 16.1. The number of ether oxygens (including phenoxy) is 1. The van der Waals surface area contributed by atoms with Gasteiger partial charge in [-0.3, -0.25) is 49.0 Å². The molecule has 2 aliphatic rings. The van der Waals surface area contributed by atoms with Gasteiger partial charge in [0.25, 0.3) is 23.6 Å². The molecular weight excluding hydrogens is 648 g/mol. The second kappa shape index (κ2) is 16.3. The number of carbonyl (C=O) groups excluding carboxylic acids is 7. The van der Waals surface area contributed by atoms with Crippen LogP contribution < -0.4 is 31.5 Å². The Morgan fingerprint density at radius 2 is 1.60 bits per heavy atom. The summed E-state index contributed by atoms with van der Waals surface area (Å²) in [5, 5.41) is 19.6. The maximum atomic E-state index is 13.2. The van der Waals surface area contributed by atoms with Gasteiger partial charge in [0.15, 0.2) is 0 Å². The van der Waals surface area contributed by atoms with Gasteiger partial charge >= 0.3 is 0 Å². The van der Waals surface area contributed by atoms with Gasteiger partial charge in [-0.25, -0.2) is 5.48 Å². The van der Waals surface area contributed by atoms with Crippen molar-refractivity contribution in [3.63, 3.8) is 0 Å². The molecule has 5 rings (SSSR count). The van der Waals surface area contributed by atoms with Crippen LogP contribution in [-0.4, -0.2) is 83.7 Å². The molecule has 1 saturated heterocycles. The van der Waals surface area contributed by atoms with Crippen molar-refractivity contribution >= 4 is 47.0 Å². The number of nitrogens with one attached hydrogen (secondary N) is 5. The predicted octanol–water partition coefficient (Wildman–Crippen LogP) is 1.57. The summed E-state index contributed by atoms with van der Waals surface area (Å²) in [5.74, 6) is -2.90. The number of amides is 7. The van der Waals surface area contributed by atoms with E-state index >= 15 is 0 Å². The zero-order valence-corrected chi connectivity index (χ0v) is 27.0. The van der Waals surface area contributed by atoms with Crippen LogP contribution in [0.3, 0.4) is 0 Å². The standard InChI is InChI=1S/C35H36N6O9/c42-28(37-18-17-36-26-7-2-6-25-30(26)35(48)41(34(25)47)27-13-14-29(43)39-33(27)46)8-3-19-50-24-11-9-21(10-12-24)15-16-38-31(44)22-4-1-5-23(20-22)32(45)40-49/h1-2,4-7,9-12,20,27,36,49H,3,8,13-19H2,(H,37,42)(H,38,44)(H,40,45)(H,39,43,46). The number of fused-ring (bicyclic) bond motifs is 1.